The molecule has 2 amide bonds. The molecule has 31 heavy (non-hydrogen) atoms. The number of carbonyl (C=O) groups excluding carboxylic acids is 2. The van der Waals surface area contributed by atoms with E-state index in [1.807, 2.05) is 4.90 Å². The number of fused-ring (bicyclic) bond motifs is 1. The molecule has 2 aliphatic rings. The van der Waals surface area contributed by atoms with E-state index in [0.29, 0.717) is 32.3 Å². The summed E-state index contributed by atoms with van der Waals surface area (Å²) in [6, 6.07) is 4.24. The first kappa shape index (κ1) is 20.8. The number of nitrogens with one attached hydrogen (secondary N) is 2. The number of nitrogens with zero attached hydrogens (tertiary/aromatic N) is 3. The first-order valence-electron chi connectivity index (χ1n) is 9.50. The third kappa shape index (κ3) is 4.38. The number of halogens is 3. The van der Waals surface area contributed by atoms with Gasteiger partial charge in [-0.05, 0) is 18.2 Å². The number of benzene rings is 1. The lowest BCUT2D eigenvalue weighted by molar-refractivity contribution is -0.137. The molecule has 1 atom stereocenters. The average Bonchev–Trinajstić information content (AvgIpc) is 2.73. The molecule has 4 N–H and O–H groups in total. The first-order chi connectivity index (χ1) is 14.7. The molecule has 0 unspecified atom stereocenters. The molecule has 2 aliphatic heterocycles. The van der Waals surface area contributed by atoms with E-state index >= 15 is 0 Å². The van der Waals surface area contributed by atoms with Crippen molar-refractivity contribution in [3.63, 3.8) is 0 Å². The third-order valence-corrected chi connectivity index (χ3v) is 5.03. The van der Waals surface area contributed by atoms with E-state index in [1.165, 1.54) is 12.1 Å². The van der Waals surface area contributed by atoms with Crippen LogP contribution in [0.5, 0.6) is 0 Å². The maximum atomic E-state index is 12.9. The van der Waals surface area contributed by atoms with Gasteiger partial charge in [-0.15, -0.1) is 0 Å². The normalized spacial score (nSPS) is 18.9. The Hall–Kier alpha value is -3.41. The summed E-state index contributed by atoms with van der Waals surface area (Å²) >= 11 is 0. The Labute approximate surface area is 174 Å². The number of nitrogen functional groups attached to an aromatic ring is 1. The van der Waals surface area contributed by atoms with Gasteiger partial charge in [0, 0.05) is 25.2 Å². The summed E-state index contributed by atoms with van der Waals surface area (Å²) in [6.45, 7) is 2.08. The zero-order chi connectivity index (χ0) is 22.2. The molecule has 0 aliphatic carbocycles. The number of hydrogen-bond acceptors (Lipinski definition) is 7. The SMILES string of the molecule is Nc1nc(N2CCOCC2)nc2c1[C@H](C(=O)Nc1cccc(C(F)(F)F)c1)CC(=O)N2. The topological polar surface area (TPSA) is 122 Å². The van der Waals surface area contributed by atoms with Crippen LogP contribution in [0.25, 0.3) is 0 Å². The van der Waals surface area contributed by atoms with Crippen LogP contribution in [0.2, 0.25) is 0 Å². The molecule has 1 saturated heterocycles. The summed E-state index contributed by atoms with van der Waals surface area (Å²) in [5.74, 6) is -1.73. The Morgan fingerprint density at radius 3 is 2.71 bits per heavy atom. The largest absolute Gasteiger partial charge is 0.416 e. The van der Waals surface area contributed by atoms with Crippen molar-refractivity contribution in [2.75, 3.05) is 47.6 Å². The van der Waals surface area contributed by atoms with Gasteiger partial charge in [-0.1, -0.05) is 6.07 Å². The molecule has 1 aromatic heterocycles. The molecule has 0 bridgehead atoms. The Bertz CT molecular complexity index is 1020. The van der Waals surface area contributed by atoms with Crippen molar-refractivity contribution in [3.8, 4) is 0 Å². The van der Waals surface area contributed by atoms with Crippen LogP contribution in [0.4, 0.5) is 36.4 Å². The van der Waals surface area contributed by atoms with Crippen molar-refractivity contribution in [1.82, 2.24) is 9.97 Å². The predicted molar refractivity (Wildman–Crippen MR) is 106 cm³/mol. The van der Waals surface area contributed by atoms with E-state index in [1.54, 1.807) is 0 Å². The number of morpholine rings is 1. The molecule has 0 saturated carbocycles. The minimum absolute atomic E-state index is 0.0238. The summed E-state index contributed by atoms with van der Waals surface area (Å²) in [5, 5.41) is 5.03. The van der Waals surface area contributed by atoms with Gasteiger partial charge in [0.15, 0.2) is 0 Å². The lowest BCUT2D eigenvalue weighted by atomic mass is 9.91. The maximum Gasteiger partial charge on any atom is 0.416 e. The highest BCUT2D eigenvalue weighted by Gasteiger charge is 2.36. The van der Waals surface area contributed by atoms with Crippen molar-refractivity contribution < 1.29 is 27.5 Å². The lowest BCUT2D eigenvalue weighted by Crippen LogP contribution is -2.38. The van der Waals surface area contributed by atoms with Gasteiger partial charge in [0.1, 0.15) is 11.6 Å². The van der Waals surface area contributed by atoms with E-state index in [0.717, 1.165) is 12.1 Å². The van der Waals surface area contributed by atoms with E-state index in [9.17, 15) is 22.8 Å². The molecular weight excluding hydrogens is 417 g/mol. The van der Waals surface area contributed by atoms with Crippen LogP contribution in [0.15, 0.2) is 24.3 Å². The molecule has 3 heterocycles. The minimum atomic E-state index is -4.55. The van der Waals surface area contributed by atoms with Gasteiger partial charge in [0.05, 0.1) is 30.3 Å². The van der Waals surface area contributed by atoms with Crippen LogP contribution in [-0.4, -0.2) is 48.1 Å². The van der Waals surface area contributed by atoms with Gasteiger partial charge in [-0.2, -0.15) is 23.1 Å². The van der Waals surface area contributed by atoms with Crippen molar-refractivity contribution in [2.24, 2.45) is 0 Å². The van der Waals surface area contributed by atoms with Crippen LogP contribution in [-0.2, 0) is 20.5 Å². The summed E-state index contributed by atoms with van der Waals surface area (Å²) < 4.78 is 44.1. The molecular formula is C19H19F3N6O3. The van der Waals surface area contributed by atoms with Crippen LogP contribution in [0, 0.1) is 0 Å². The van der Waals surface area contributed by atoms with Gasteiger partial charge in [0.2, 0.25) is 17.8 Å². The molecule has 2 aromatic rings. The fraction of sp³-hybridized carbons (Fsp3) is 0.368. The van der Waals surface area contributed by atoms with E-state index in [4.69, 9.17) is 10.5 Å². The van der Waals surface area contributed by atoms with Gasteiger partial charge < -0.3 is 26.0 Å². The van der Waals surface area contributed by atoms with Crippen LogP contribution in [0.1, 0.15) is 23.5 Å². The van der Waals surface area contributed by atoms with E-state index < -0.39 is 29.5 Å². The number of hydrogen-bond donors (Lipinski definition) is 3. The van der Waals surface area contributed by atoms with E-state index in [2.05, 4.69) is 20.6 Å². The quantitative estimate of drug-likeness (QED) is 0.672. The zero-order valence-electron chi connectivity index (χ0n) is 16.2. The second kappa shape index (κ2) is 8.02. The van der Waals surface area contributed by atoms with Crippen LogP contribution < -0.4 is 21.3 Å². The first-order valence-corrected chi connectivity index (χ1v) is 9.50. The highest BCUT2D eigenvalue weighted by Crippen LogP contribution is 2.37. The molecule has 4 rings (SSSR count). The van der Waals surface area contributed by atoms with Crippen molar-refractivity contribution in [1.29, 1.82) is 0 Å². The van der Waals surface area contributed by atoms with Crippen molar-refractivity contribution >= 4 is 35.1 Å². The highest BCUT2D eigenvalue weighted by molar-refractivity contribution is 6.05. The highest BCUT2D eigenvalue weighted by atomic mass is 19.4. The van der Waals surface area contributed by atoms with E-state index in [-0.39, 0.29) is 29.3 Å². The zero-order valence-corrected chi connectivity index (χ0v) is 16.2. The molecule has 9 nitrogen and oxygen atoms in total. The summed E-state index contributed by atoms with van der Waals surface area (Å²) in [7, 11) is 0. The third-order valence-electron chi connectivity index (χ3n) is 5.03. The fourth-order valence-corrected chi connectivity index (χ4v) is 3.52. The van der Waals surface area contributed by atoms with Gasteiger partial charge in [-0.25, -0.2) is 0 Å². The second-order valence-electron chi connectivity index (χ2n) is 7.14. The van der Waals surface area contributed by atoms with Gasteiger partial charge in [0.25, 0.3) is 0 Å². The molecule has 164 valence electrons. The summed E-state index contributed by atoms with van der Waals surface area (Å²) in [5.41, 5.74) is 5.40. The molecule has 1 aromatic carbocycles. The number of anilines is 4. The number of aromatic nitrogens is 2. The molecule has 0 spiro atoms. The molecule has 12 heteroatoms. The maximum absolute atomic E-state index is 12.9. The van der Waals surface area contributed by atoms with Crippen molar-refractivity contribution in [3.05, 3.63) is 35.4 Å². The monoisotopic (exact) mass is 436 g/mol. The number of nitrogens with two attached hydrogens (primary N) is 1. The molecule has 0 radical (unpaired) electrons. The number of rotatable bonds is 3. The number of carbonyl (C=O) groups is 2. The number of amides is 2. The lowest BCUT2D eigenvalue weighted by Gasteiger charge is -2.30. The molecule has 1 fully saturated rings. The van der Waals surface area contributed by atoms with Crippen LogP contribution in [0.3, 0.4) is 0 Å². The number of ether oxygens (including phenoxy) is 1. The van der Waals surface area contributed by atoms with Crippen molar-refractivity contribution in [2.45, 2.75) is 18.5 Å². The Kier molecular flexibility index (Phi) is 5.39. The minimum Gasteiger partial charge on any atom is -0.383 e. The number of alkyl halides is 3. The predicted octanol–water partition coefficient (Wildman–Crippen LogP) is 1.98. The smallest absolute Gasteiger partial charge is 0.383 e. The second-order valence-corrected chi connectivity index (χ2v) is 7.14. The standard InChI is InChI=1S/C19H19F3N6O3/c20-19(21,22)10-2-1-3-11(8-10)24-17(30)12-9-13(29)25-16-14(12)15(23)26-18(27-16)28-4-6-31-7-5-28/h1-3,8,12H,4-7,9H2,(H,24,30)(H3,23,25,26,27,29)/t12-/m1/s1. The van der Waals surface area contributed by atoms with Gasteiger partial charge >= 0.3 is 6.18 Å². The Morgan fingerprint density at radius 2 is 2.00 bits per heavy atom. The summed E-state index contributed by atoms with van der Waals surface area (Å²) in [4.78, 5) is 35.5. The van der Waals surface area contributed by atoms with Gasteiger partial charge in [-0.3, -0.25) is 9.59 Å². The summed E-state index contributed by atoms with van der Waals surface area (Å²) in [6.07, 6.45) is -4.78. The Morgan fingerprint density at radius 1 is 1.26 bits per heavy atom. The average molecular weight is 436 g/mol. The fourth-order valence-electron chi connectivity index (χ4n) is 3.52. The van der Waals surface area contributed by atoms with Crippen LogP contribution >= 0.6 is 0 Å². The Balaban J connectivity index is 1.62.